The molecule has 11 rings (SSSR count). The van der Waals surface area contributed by atoms with E-state index < -0.39 is 0 Å². The number of nitrogens with zero attached hydrogens (tertiary/aromatic N) is 3. The van der Waals surface area contributed by atoms with Crippen LogP contribution in [0.2, 0.25) is 0 Å². The van der Waals surface area contributed by atoms with Crippen molar-refractivity contribution >= 4 is 54.3 Å². The van der Waals surface area contributed by atoms with Crippen LogP contribution in [-0.2, 0) is 0 Å². The van der Waals surface area contributed by atoms with E-state index in [1.54, 1.807) is 0 Å². The van der Waals surface area contributed by atoms with Crippen LogP contribution in [0.1, 0.15) is 0 Å². The van der Waals surface area contributed by atoms with Crippen LogP contribution >= 0.6 is 0 Å². The maximum absolute atomic E-state index is 6.52. The number of benzene rings is 9. The first kappa shape index (κ1) is 31.1. The highest BCUT2D eigenvalue weighted by atomic mass is 16.3. The zero-order valence-corrected chi connectivity index (χ0v) is 29.6. The van der Waals surface area contributed by atoms with Gasteiger partial charge >= 0.3 is 0 Å². The van der Waals surface area contributed by atoms with Gasteiger partial charge in [-0.1, -0.05) is 152 Å². The largest absolute Gasteiger partial charge is 0.456 e. The molecule has 0 atom stereocenters. The summed E-state index contributed by atoms with van der Waals surface area (Å²) in [5.74, 6) is 1.82. The molecule has 0 unspecified atom stereocenters. The number of hydrogen-bond acceptors (Lipinski definition) is 4. The molecular formula is C51H31N3O. The molecule has 0 saturated heterocycles. The number of hydrogen-bond donors (Lipinski definition) is 0. The van der Waals surface area contributed by atoms with Gasteiger partial charge < -0.3 is 4.42 Å². The average Bonchev–Trinajstić information content (AvgIpc) is 3.64. The van der Waals surface area contributed by atoms with E-state index in [2.05, 4.69) is 170 Å². The molecule has 0 spiro atoms. The fraction of sp³-hybridized carbons (Fsp3) is 0. The second-order valence-corrected chi connectivity index (χ2v) is 14.0. The van der Waals surface area contributed by atoms with Crippen molar-refractivity contribution in [1.29, 1.82) is 0 Å². The van der Waals surface area contributed by atoms with Gasteiger partial charge in [-0.15, -0.1) is 0 Å². The number of fused-ring (bicyclic) bond motifs is 7. The van der Waals surface area contributed by atoms with Crippen LogP contribution < -0.4 is 0 Å². The highest BCUT2D eigenvalue weighted by Gasteiger charge is 2.19. The molecule has 11 aromatic rings. The number of rotatable bonds is 5. The highest BCUT2D eigenvalue weighted by molar-refractivity contribution is 6.15. The van der Waals surface area contributed by atoms with Crippen molar-refractivity contribution in [3.8, 4) is 56.4 Å². The summed E-state index contributed by atoms with van der Waals surface area (Å²) >= 11 is 0. The van der Waals surface area contributed by atoms with Gasteiger partial charge in [0.1, 0.15) is 11.2 Å². The molecular weight excluding hydrogens is 671 g/mol. The lowest BCUT2D eigenvalue weighted by molar-refractivity contribution is 0.669. The molecule has 256 valence electrons. The predicted octanol–water partition coefficient (Wildman–Crippen LogP) is 13.6. The first-order chi connectivity index (χ1) is 27.2. The van der Waals surface area contributed by atoms with Crippen molar-refractivity contribution in [2.75, 3.05) is 0 Å². The first-order valence-electron chi connectivity index (χ1n) is 18.5. The van der Waals surface area contributed by atoms with Gasteiger partial charge in [0, 0.05) is 27.5 Å². The zero-order chi connectivity index (χ0) is 36.3. The summed E-state index contributed by atoms with van der Waals surface area (Å²) < 4.78 is 6.52. The van der Waals surface area contributed by atoms with E-state index in [4.69, 9.17) is 19.4 Å². The Bertz CT molecular complexity index is 3260. The summed E-state index contributed by atoms with van der Waals surface area (Å²) in [4.78, 5) is 15.7. The van der Waals surface area contributed by atoms with E-state index in [1.807, 2.05) is 18.2 Å². The maximum atomic E-state index is 6.52. The van der Waals surface area contributed by atoms with Gasteiger partial charge in [0.05, 0.1) is 0 Å². The van der Waals surface area contributed by atoms with Gasteiger partial charge in [0.2, 0.25) is 0 Å². The standard InChI is InChI=1S/C51H31N3O/c1-3-12-32(13-4-1)36-24-27-42-47(31-36)55-46-21-11-20-43(48(42)46)51-53-49(38-23-22-33-14-7-8-17-35(33)28-38)52-50(54-51)39-25-26-41-44(34-15-5-2-6-16-34)29-37-18-9-10-19-40(37)45(41)30-39/h1-31H. The third kappa shape index (κ3) is 5.34. The predicted molar refractivity (Wildman–Crippen MR) is 227 cm³/mol. The molecule has 0 N–H and O–H groups in total. The van der Waals surface area contributed by atoms with Crippen LogP contribution in [0.3, 0.4) is 0 Å². The Morgan fingerprint density at radius 1 is 0.291 bits per heavy atom. The van der Waals surface area contributed by atoms with Gasteiger partial charge in [-0.3, -0.25) is 0 Å². The Balaban J connectivity index is 1.14. The molecule has 0 aliphatic rings. The van der Waals surface area contributed by atoms with E-state index >= 15 is 0 Å². The number of furan rings is 1. The summed E-state index contributed by atoms with van der Waals surface area (Å²) in [6.07, 6.45) is 0. The minimum Gasteiger partial charge on any atom is -0.456 e. The maximum Gasteiger partial charge on any atom is 0.164 e. The summed E-state index contributed by atoms with van der Waals surface area (Å²) in [6, 6.07) is 65.8. The molecule has 0 fully saturated rings. The van der Waals surface area contributed by atoms with Gasteiger partial charge in [0.25, 0.3) is 0 Å². The summed E-state index contributed by atoms with van der Waals surface area (Å²) in [7, 11) is 0. The quantitative estimate of drug-likeness (QED) is 0.168. The molecule has 4 heteroatoms. The van der Waals surface area contributed by atoms with Crippen LogP contribution in [0.15, 0.2) is 192 Å². The Morgan fingerprint density at radius 3 is 1.75 bits per heavy atom. The van der Waals surface area contributed by atoms with Gasteiger partial charge in [0.15, 0.2) is 17.5 Å². The molecule has 0 saturated carbocycles. The minimum atomic E-state index is 0.594. The van der Waals surface area contributed by atoms with Crippen molar-refractivity contribution in [3.63, 3.8) is 0 Å². The summed E-state index contributed by atoms with van der Waals surface area (Å²) in [6.45, 7) is 0. The van der Waals surface area contributed by atoms with Crippen LogP contribution in [0, 0.1) is 0 Å². The fourth-order valence-electron chi connectivity index (χ4n) is 8.00. The van der Waals surface area contributed by atoms with Crippen LogP contribution in [-0.4, -0.2) is 15.0 Å². The topological polar surface area (TPSA) is 51.8 Å². The Kier molecular flexibility index (Phi) is 7.14. The number of aromatic nitrogens is 3. The molecule has 0 bridgehead atoms. The molecule has 4 nitrogen and oxygen atoms in total. The summed E-state index contributed by atoms with van der Waals surface area (Å²) in [5, 5.41) is 9.01. The van der Waals surface area contributed by atoms with Crippen LogP contribution in [0.25, 0.3) is 111 Å². The Labute approximate surface area is 317 Å². The molecule has 2 aromatic heterocycles. The average molecular weight is 702 g/mol. The molecule has 0 aliphatic heterocycles. The lowest BCUT2D eigenvalue weighted by atomic mass is 9.92. The molecule has 0 amide bonds. The van der Waals surface area contributed by atoms with Gasteiger partial charge in [-0.25, -0.2) is 15.0 Å². The van der Waals surface area contributed by atoms with E-state index in [1.165, 1.54) is 32.7 Å². The summed E-state index contributed by atoms with van der Waals surface area (Å²) in [5.41, 5.74) is 8.99. The first-order valence-corrected chi connectivity index (χ1v) is 18.5. The molecule has 0 aliphatic carbocycles. The van der Waals surface area contributed by atoms with Gasteiger partial charge in [-0.05, 0) is 91.0 Å². The highest BCUT2D eigenvalue weighted by Crippen LogP contribution is 2.40. The van der Waals surface area contributed by atoms with E-state index in [-0.39, 0.29) is 0 Å². The zero-order valence-electron chi connectivity index (χ0n) is 29.6. The lowest BCUT2D eigenvalue weighted by Crippen LogP contribution is -2.00. The fourth-order valence-corrected chi connectivity index (χ4v) is 8.00. The van der Waals surface area contributed by atoms with Crippen molar-refractivity contribution < 1.29 is 4.42 Å². The Hall–Kier alpha value is -7.43. The second-order valence-electron chi connectivity index (χ2n) is 14.0. The van der Waals surface area contributed by atoms with E-state index in [0.717, 1.165) is 60.5 Å². The van der Waals surface area contributed by atoms with Crippen molar-refractivity contribution in [1.82, 2.24) is 15.0 Å². The normalized spacial score (nSPS) is 11.6. The van der Waals surface area contributed by atoms with Gasteiger partial charge in [-0.2, -0.15) is 0 Å². The Morgan fingerprint density at radius 2 is 0.927 bits per heavy atom. The molecule has 9 aromatic carbocycles. The third-order valence-electron chi connectivity index (χ3n) is 10.7. The molecule has 2 heterocycles. The van der Waals surface area contributed by atoms with E-state index in [0.29, 0.717) is 17.5 Å². The second kappa shape index (κ2) is 12.6. The van der Waals surface area contributed by atoms with E-state index in [9.17, 15) is 0 Å². The van der Waals surface area contributed by atoms with Crippen molar-refractivity contribution in [2.45, 2.75) is 0 Å². The monoisotopic (exact) mass is 701 g/mol. The minimum absolute atomic E-state index is 0.594. The lowest BCUT2D eigenvalue weighted by Gasteiger charge is -2.13. The molecule has 55 heavy (non-hydrogen) atoms. The van der Waals surface area contributed by atoms with Crippen LogP contribution in [0.5, 0.6) is 0 Å². The van der Waals surface area contributed by atoms with Crippen molar-refractivity contribution in [3.05, 3.63) is 188 Å². The third-order valence-corrected chi connectivity index (χ3v) is 10.7. The smallest absolute Gasteiger partial charge is 0.164 e. The van der Waals surface area contributed by atoms with Crippen molar-refractivity contribution in [2.24, 2.45) is 0 Å². The molecule has 0 radical (unpaired) electrons. The van der Waals surface area contributed by atoms with Crippen LogP contribution in [0.4, 0.5) is 0 Å². The SMILES string of the molecule is c1ccc(-c2ccc3c(c2)oc2cccc(-c4nc(-c5ccc6ccccc6c5)nc(-c5ccc6c(-c7ccccc7)cc7ccccc7c6c5)n4)c23)cc1.